The second-order valence-electron chi connectivity index (χ2n) is 9.05. The minimum Gasteiger partial charge on any atom is -0.466 e. The first-order valence-electron chi connectivity index (χ1n) is 12.1. The molecule has 0 aromatic rings. The molecule has 8 nitrogen and oxygen atoms in total. The molecule has 2 bridgehead atoms. The average molecular weight is 451 g/mol. The number of carbonyl (C=O) groups excluding carboxylic acids is 3. The third-order valence-electron chi connectivity index (χ3n) is 7.09. The number of aliphatic hydroxyl groups excluding tert-OH is 1. The normalized spacial score (nSPS) is 30.5. The average Bonchev–Trinajstić information content (AvgIpc) is 3.41. The number of likely N-dealkylation sites (tertiary alicyclic amines) is 1. The number of aliphatic hydroxyl groups is 1. The lowest BCUT2D eigenvalue weighted by Gasteiger charge is -2.36. The van der Waals surface area contributed by atoms with E-state index in [-0.39, 0.29) is 31.1 Å². The van der Waals surface area contributed by atoms with Crippen molar-refractivity contribution in [1.82, 2.24) is 9.80 Å². The highest BCUT2D eigenvalue weighted by Crippen LogP contribution is 2.58. The van der Waals surface area contributed by atoms with Crippen molar-refractivity contribution in [3.8, 4) is 0 Å². The largest absolute Gasteiger partial charge is 0.466 e. The van der Waals surface area contributed by atoms with Crippen molar-refractivity contribution in [1.29, 1.82) is 0 Å². The Bertz CT molecular complexity index is 713. The Morgan fingerprint density at radius 2 is 2.09 bits per heavy atom. The molecule has 8 heteroatoms. The monoisotopic (exact) mass is 450 g/mol. The van der Waals surface area contributed by atoms with Crippen LogP contribution in [-0.4, -0.2) is 83.3 Å². The molecule has 3 rings (SSSR count). The summed E-state index contributed by atoms with van der Waals surface area (Å²) in [7, 11) is 0. The summed E-state index contributed by atoms with van der Waals surface area (Å²) in [6.07, 6.45) is 6.61. The van der Waals surface area contributed by atoms with Crippen LogP contribution in [-0.2, 0) is 23.9 Å². The number of hydrogen-bond donors (Lipinski definition) is 1. The van der Waals surface area contributed by atoms with Crippen LogP contribution in [0.5, 0.6) is 0 Å². The molecule has 3 saturated heterocycles. The van der Waals surface area contributed by atoms with Crippen molar-refractivity contribution in [2.75, 3.05) is 32.8 Å². The third kappa shape index (κ3) is 4.31. The second-order valence-corrected chi connectivity index (χ2v) is 9.05. The van der Waals surface area contributed by atoms with Crippen LogP contribution in [0.15, 0.2) is 12.7 Å². The molecule has 0 radical (unpaired) electrons. The lowest BCUT2D eigenvalue weighted by atomic mass is 9.70. The quantitative estimate of drug-likeness (QED) is 0.262. The molecular weight excluding hydrogens is 412 g/mol. The Labute approximate surface area is 190 Å². The predicted molar refractivity (Wildman–Crippen MR) is 119 cm³/mol. The van der Waals surface area contributed by atoms with Gasteiger partial charge in [-0.15, -0.1) is 6.58 Å². The van der Waals surface area contributed by atoms with Gasteiger partial charge in [-0.2, -0.15) is 0 Å². The fraction of sp³-hybridized carbons (Fsp3) is 0.792. The molecule has 0 aromatic heterocycles. The zero-order chi connectivity index (χ0) is 23.3. The molecule has 3 heterocycles. The van der Waals surface area contributed by atoms with Crippen molar-refractivity contribution >= 4 is 17.8 Å². The summed E-state index contributed by atoms with van der Waals surface area (Å²) in [5, 5.41) is 9.22. The summed E-state index contributed by atoms with van der Waals surface area (Å²) >= 11 is 0. The maximum atomic E-state index is 13.9. The molecule has 3 fully saturated rings. The van der Waals surface area contributed by atoms with E-state index in [1.54, 1.807) is 22.8 Å². The number of ether oxygens (including phenoxy) is 2. The van der Waals surface area contributed by atoms with E-state index in [4.69, 9.17) is 9.47 Å². The number of esters is 1. The van der Waals surface area contributed by atoms with E-state index in [0.29, 0.717) is 45.3 Å². The minimum atomic E-state index is -0.986. The smallest absolute Gasteiger partial charge is 0.312 e. The Morgan fingerprint density at radius 3 is 2.75 bits per heavy atom. The molecule has 0 aliphatic carbocycles. The summed E-state index contributed by atoms with van der Waals surface area (Å²) in [6, 6.07) is -0.760. The van der Waals surface area contributed by atoms with Crippen molar-refractivity contribution in [2.45, 2.75) is 76.5 Å². The third-order valence-corrected chi connectivity index (χ3v) is 7.09. The molecule has 3 aliphatic heterocycles. The van der Waals surface area contributed by atoms with Crippen molar-refractivity contribution in [2.24, 2.45) is 11.8 Å². The fourth-order valence-corrected chi connectivity index (χ4v) is 5.75. The number of unbranched alkanes of at least 4 members (excludes halogenated alkanes) is 3. The summed E-state index contributed by atoms with van der Waals surface area (Å²) < 4.78 is 11.7. The Balaban J connectivity index is 1.93. The first kappa shape index (κ1) is 24.7. The van der Waals surface area contributed by atoms with E-state index in [2.05, 4.69) is 13.5 Å². The Kier molecular flexibility index (Phi) is 8.33. The number of rotatable bonds is 13. The molecule has 1 spiro atoms. The van der Waals surface area contributed by atoms with Gasteiger partial charge in [-0.1, -0.05) is 25.8 Å². The van der Waals surface area contributed by atoms with E-state index in [0.717, 1.165) is 19.3 Å². The number of nitrogens with zero attached hydrogens (tertiary/aromatic N) is 2. The fourth-order valence-electron chi connectivity index (χ4n) is 5.75. The van der Waals surface area contributed by atoms with Gasteiger partial charge < -0.3 is 24.4 Å². The highest BCUT2D eigenvalue weighted by Gasteiger charge is 2.74. The molecular formula is C24H38N2O6. The summed E-state index contributed by atoms with van der Waals surface area (Å²) in [6.45, 7) is 9.29. The highest BCUT2D eigenvalue weighted by molar-refractivity contribution is 5.98. The van der Waals surface area contributed by atoms with Crippen LogP contribution in [0.3, 0.4) is 0 Å². The van der Waals surface area contributed by atoms with Crippen LogP contribution in [0.4, 0.5) is 0 Å². The second kappa shape index (κ2) is 10.8. The van der Waals surface area contributed by atoms with Gasteiger partial charge in [-0.25, -0.2) is 0 Å². The first-order valence-corrected chi connectivity index (χ1v) is 12.1. The van der Waals surface area contributed by atoms with Crippen LogP contribution in [0.25, 0.3) is 0 Å². The standard InChI is InChI=1S/C24H38N2O6/c1-4-7-8-14-25(13-5-2)22(29)20-24-12-11-17(32-24)18(23(30)31-6-3)19(24)21(28)26(20)15-9-10-16-27/h5,17-20,27H,2,4,6-16H2,1,3H3/t17-,18+,19+,20-,24+/m0/s1. The van der Waals surface area contributed by atoms with Crippen LogP contribution in [0.1, 0.15) is 58.8 Å². The van der Waals surface area contributed by atoms with E-state index in [1.165, 1.54) is 0 Å². The van der Waals surface area contributed by atoms with E-state index >= 15 is 0 Å². The maximum absolute atomic E-state index is 13.9. The van der Waals surface area contributed by atoms with Gasteiger partial charge in [-0.05, 0) is 39.0 Å². The molecule has 0 unspecified atom stereocenters. The highest BCUT2D eigenvalue weighted by atomic mass is 16.6. The Hall–Kier alpha value is -1.93. The van der Waals surface area contributed by atoms with Crippen LogP contribution < -0.4 is 0 Å². The van der Waals surface area contributed by atoms with Gasteiger partial charge in [0, 0.05) is 26.2 Å². The SMILES string of the molecule is C=CCN(CCCCC)C(=O)[C@@H]1N(CCCCO)C(=O)[C@H]2[C@H](C(=O)OCC)[C@@H]3CC[C@]12O3. The van der Waals surface area contributed by atoms with Crippen LogP contribution in [0, 0.1) is 11.8 Å². The molecule has 1 N–H and O–H groups in total. The lowest BCUT2D eigenvalue weighted by Crippen LogP contribution is -2.56. The first-order chi connectivity index (χ1) is 15.5. The van der Waals surface area contributed by atoms with Crippen LogP contribution >= 0.6 is 0 Å². The van der Waals surface area contributed by atoms with Gasteiger partial charge in [0.2, 0.25) is 11.8 Å². The van der Waals surface area contributed by atoms with E-state index in [9.17, 15) is 19.5 Å². The van der Waals surface area contributed by atoms with Crippen LogP contribution in [0.2, 0.25) is 0 Å². The van der Waals surface area contributed by atoms with Crippen molar-refractivity contribution < 1.29 is 29.0 Å². The number of carbonyl (C=O) groups is 3. The molecule has 3 aliphatic rings. The van der Waals surface area contributed by atoms with Gasteiger partial charge >= 0.3 is 5.97 Å². The predicted octanol–water partition coefficient (Wildman–Crippen LogP) is 1.90. The zero-order valence-electron chi connectivity index (χ0n) is 19.5. The van der Waals surface area contributed by atoms with E-state index < -0.39 is 29.4 Å². The number of fused-ring (bicyclic) bond motifs is 1. The molecule has 0 saturated carbocycles. The zero-order valence-corrected chi connectivity index (χ0v) is 19.5. The minimum absolute atomic E-state index is 0.0266. The molecule has 5 atom stereocenters. The summed E-state index contributed by atoms with van der Waals surface area (Å²) in [4.78, 5) is 43.7. The number of hydrogen-bond acceptors (Lipinski definition) is 6. The topological polar surface area (TPSA) is 96.4 Å². The van der Waals surface area contributed by atoms with E-state index in [1.807, 2.05) is 0 Å². The summed E-state index contributed by atoms with van der Waals surface area (Å²) in [5.74, 6) is -2.10. The van der Waals surface area contributed by atoms with Gasteiger partial charge in [0.15, 0.2) is 0 Å². The van der Waals surface area contributed by atoms with Gasteiger partial charge in [-0.3, -0.25) is 14.4 Å². The molecule has 0 aromatic carbocycles. The van der Waals surface area contributed by atoms with Gasteiger partial charge in [0.25, 0.3) is 0 Å². The molecule has 2 amide bonds. The van der Waals surface area contributed by atoms with Crippen molar-refractivity contribution in [3.63, 3.8) is 0 Å². The maximum Gasteiger partial charge on any atom is 0.312 e. The number of amides is 2. The summed E-state index contributed by atoms with van der Waals surface area (Å²) in [5.41, 5.74) is -0.986. The van der Waals surface area contributed by atoms with Gasteiger partial charge in [0.1, 0.15) is 11.6 Å². The molecule has 180 valence electrons. The molecule has 32 heavy (non-hydrogen) atoms. The Morgan fingerprint density at radius 1 is 1.31 bits per heavy atom. The van der Waals surface area contributed by atoms with Gasteiger partial charge in [0.05, 0.1) is 24.5 Å². The lowest BCUT2D eigenvalue weighted by molar-refractivity contribution is -0.155. The van der Waals surface area contributed by atoms with Crippen molar-refractivity contribution in [3.05, 3.63) is 12.7 Å².